The summed E-state index contributed by atoms with van der Waals surface area (Å²) in [5, 5.41) is 38.0. The van der Waals surface area contributed by atoms with E-state index in [2.05, 4.69) is 16.8 Å². The molecule has 0 unspecified atom stereocenters. The Morgan fingerprint density at radius 2 is 2.05 bits per heavy atom. The van der Waals surface area contributed by atoms with Gasteiger partial charge in [0.15, 0.2) is 6.29 Å². The summed E-state index contributed by atoms with van der Waals surface area (Å²) in [5.74, 6) is 5.53. The molecule has 0 radical (unpaired) electrons. The van der Waals surface area contributed by atoms with Crippen LogP contribution in [0.1, 0.15) is 5.56 Å². The van der Waals surface area contributed by atoms with Gasteiger partial charge in [0.1, 0.15) is 31.0 Å². The molecule has 0 saturated carbocycles. The third-order valence-corrected chi connectivity index (χ3v) is 3.06. The van der Waals surface area contributed by atoms with Crippen LogP contribution in [0.2, 0.25) is 0 Å². The number of rotatable bonds is 3. The van der Waals surface area contributed by atoms with Crippen molar-refractivity contribution in [3.8, 4) is 11.8 Å². The van der Waals surface area contributed by atoms with Gasteiger partial charge in [0.2, 0.25) is 0 Å². The average molecular weight is 295 g/mol. The van der Waals surface area contributed by atoms with E-state index in [9.17, 15) is 15.3 Å². The van der Waals surface area contributed by atoms with Crippen LogP contribution < -0.4 is 0 Å². The number of nitrogens with zero attached hydrogens (tertiary/aromatic N) is 1. The fraction of sp³-hybridized carbons (Fsp3) is 0.500. The van der Waals surface area contributed by atoms with Crippen LogP contribution in [0.15, 0.2) is 24.5 Å². The van der Waals surface area contributed by atoms with E-state index in [0.29, 0.717) is 0 Å². The molecule has 1 fully saturated rings. The normalized spacial score (nSPS) is 32.3. The SMILES string of the molecule is OC[C@H]1O[C@H](OCC#Cc2cccnc2)[C@@H](O)[C@@H](O)[C@@H]1O. The summed E-state index contributed by atoms with van der Waals surface area (Å²) in [6, 6.07) is 3.54. The zero-order valence-corrected chi connectivity index (χ0v) is 11.2. The van der Waals surface area contributed by atoms with Gasteiger partial charge in [-0.2, -0.15) is 0 Å². The molecule has 7 nitrogen and oxygen atoms in total. The number of aliphatic hydroxyl groups is 4. The highest BCUT2D eigenvalue weighted by molar-refractivity contribution is 5.31. The molecule has 1 aliphatic heterocycles. The zero-order chi connectivity index (χ0) is 15.2. The lowest BCUT2D eigenvalue weighted by Crippen LogP contribution is -2.59. The summed E-state index contributed by atoms with van der Waals surface area (Å²) in [4.78, 5) is 3.91. The second kappa shape index (κ2) is 7.47. The highest BCUT2D eigenvalue weighted by Gasteiger charge is 2.43. The van der Waals surface area contributed by atoms with Gasteiger partial charge in [-0.1, -0.05) is 11.8 Å². The van der Waals surface area contributed by atoms with Crippen molar-refractivity contribution in [2.45, 2.75) is 30.7 Å². The Morgan fingerprint density at radius 1 is 1.24 bits per heavy atom. The summed E-state index contributed by atoms with van der Waals surface area (Å²) in [6.45, 7) is -0.538. The van der Waals surface area contributed by atoms with Gasteiger partial charge in [-0.25, -0.2) is 0 Å². The maximum absolute atomic E-state index is 9.74. The van der Waals surface area contributed by atoms with Crippen molar-refractivity contribution in [1.29, 1.82) is 0 Å². The Kier molecular flexibility index (Phi) is 5.64. The lowest BCUT2D eigenvalue weighted by atomic mass is 9.99. The molecule has 2 rings (SSSR count). The minimum absolute atomic E-state index is 0.0441. The lowest BCUT2D eigenvalue weighted by molar-refractivity contribution is -0.298. The first-order valence-corrected chi connectivity index (χ1v) is 6.44. The molecule has 4 N–H and O–H groups in total. The summed E-state index contributed by atoms with van der Waals surface area (Å²) in [7, 11) is 0. The van der Waals surface area contributed by atoms with Crippen LogP contribution in [0, 0.1) is 11.8 Å². The van der Waals surface area contributed by atoms with Gasteiger partial charge in [0, 0.05) is 18.0 Å². The summed E-state index contributed by atoms with van der Waals surface area (Å²) in [5.41, 5.74) is 0.718. The van der Waals surface area contributed by atoms with Crippen LogP contribution in [0.5, 0.6) is 0 Å². The van der Waals surface area contributed by atoms with Gasteiger partial charge in [-0.15, -0.1) is 0 Å². The van der Waals surface area contributed by atoms with E-state index in [1.165, 1.54) is 0 Å². The van der Waals surface area contributed by atoms with E-state index in [1.54, 1.807) is 24.5 Å². The van der Waals surface area contributed by atoms with E-state index in [0.717, 1.165) is 5.56 Å². The first kappa shape index (κ1) is 15.9. The van der Waals surface area contributed by atoms with Gasteiger partial charge in [0.05, 0.1) is 6.61 Å². The fourth-order valence-corrected chi connectivity index (χ4v) is 1.90. The van der Waals surface area contributed by atoms with Gasteiger partial charge >= 0.3 is 0 Å². The molecule has 0 bridgehead atoms. The summed E-state index contributed by atoms with van der Waals surface area (Å²) < 4.78 is 10.4. The number of hydrogen-bond donors (Lipinski definition) is 4. The molecule has 114 valence electrons. The number of hydrogen-bond acceptors (Lipinski definition) is 7. The number of pyridine rings is 1. The Hall–Kier alpha value is -1.53. The standard InChI is InChI=1S/C14H17NO6/c16-8-10-11(17)12(18)13(19)14(21-10)20-6-2-4-9-3-1-5-15-7-9/h1,3,5,7,10-14,16-19H,6,8H2/t10-,11-,12+,13+,14+/m1/s1. The van der Waals surface area contributed by atoms with Gasteiger partial charge in [0.25, 0.3) is 0 Å². The topological polar surface area (TPSA) is 112 Å². The molecule has 21 heavy (non-hydrogen) atoms. The number of ether oxygens (including phenoxy) is 2. The van der Waals surface area contributed by atoms with Crippen molar-refractivity contribution in [2.24, 2.45) is 0 Å². The van der Waals surface area contributed by atoms with Crippen LogP contribution in [0.3, 0.4) is 0 Å². The predicted molar refractivity (Wildman–Crippen MR) is 70.8 cm³/mol. The first-order valence-electron chi connectivity index (χ1n) is 6.44. The smallest absolute Gasteiger partial charge is 0.187 e. The Labute approximate surface area is 121 Å². The van der Waals surface area contributed by atoms with Crippen molar-refractivity contribution in [3.05, 3.63) is 30.1 Å². The van der Waals surface area contributed by atoms with E-state index >= 15 is 0 Å². The van der Waals surface area contributed by atoms with Crippen LogP contribution in [-0.2, 0) is 9.47 Å². The molecule has 2 heterocycles. The second-order valence-electron chi connectivity index (χ2n) is 4.55. The quantitative estimate of drug-likeness (QED) is 0.489. The van der Waals surface area contributed by atoms with E-state index in [4.69, 9.17) is 14.6 Å². The highest BCUT2D eigenvalue weighted by atomic mass is 16.7. The summed E-state index contributed by atoms with van der Waals surface area (Å²) >= 11 is 0. The molecule has 1 aromatic rings. The van der Waals surface area contributed by atoms with Crippen LogP contribution in [0.25, 0.3) is 0 Å². The van der Waals surface area contributed by atoms with Crippen molar-refractivity contribution in [3.63, 3.8) is 0 Å². The molecule has 1 aromatic heterocycles. The van der Waals surface area contributed by atoms with E-state index < -0.39 is 37.3 Å². The molecular formula is C14H17NO6. The molecule has 0 amide bonds. The van der Waals surface area contributed by atoms with Crippen molar-refractivity contribution in [2.75, 3.05) is 13.2 Å². The second-order valence-corrected chi connectivity index (χ2v) is 4.55. The number of aromatic nitrogens is 1. The Morgan fingerprint density at radius 3 is 2.71 bits per heavy atom. The lowest BCUT2D eigenvalue weighted by Gasteiger charge is -2.39. The van der Waals surface area contributed by atoms with Crippen molar-refractivity contribution in [1.82, 2.24) is 4.98 Å². The molecule has 1 saturated heterocycles. The molecule has 0 aliphatic carbocycles. The van der Waals surface area contributed by atoms with Gasteiger partial charge in [-0.05, 0) is 12.1 Å². The highest BCUT2D eigenvalue weighted by Crippen LogP contribution is 2.21. The Balaban J connectivity index is 1.89. The van der Waals surface area contributed by atoms with E-state index in [-0.39, 0.29) is 6.61 Å². The third kappa shape index (κ3) is 3.98. The van der Waals surface area contributed by atoms with Crippen molar-refractivity contribution < 1.29 is 29.9 Å². The van der Waals surface area contributed by atoms with Gasteiger partial charge in [-0.3, -0.25) is 4.98 Å². The Bertz CT molecular complexity index is 497. The average Bonchev–Trinajstić information content (AvgIpc) is 2.52. The minimum atomic E-state index is -1.45. The maximum Gasteiger partial charge on any atom is 0.187 e. The maximum atomic E-state index is 9.74. The molecule has 0 aromatic carbocycles. The van der Waals surface area contributed by atoms with Crippen LogP contribution in [-0.4, -0.2) is 69.3 Å². The molecule has 5 atom stereocenters. The van der Waals surface area contributed by atoms with Crippen molar-refractivity contribution >= 4 is 0 Å². The molecular weight excluding hydrogens is 278 g/mol. The van der Waals surface area contributed by atoms with Crippen LogP contribution >= 0.6 is 0 Å². The molecule has 7 heteroatoms. The molecule has 0 spiro atoms. The third-order valence-electron chi connectivity index (χ3n) is 3.06. The molecule has 1 aliphatic rings. The van der Waals surface area contributed by atoms with E-state index in [1.807, 2.05) is 0 Å². The monoisotopic (exact) mass is 295 g/mol. The fourth-order valence-electron chi connectivity index (χ4n) is 1.90. The first-order chi connectivity index (χ1) is 10.1. The largest absolute Gasteiger partial charge is 0.394 e. The van der Waals surface area contributed by atoms with Crippen LogP contribution in [0.4, 0.5) is 0 Å². The minimum Gasteiger partial charge on any atom is -0.394 e. The predicted octanol–water partition coefficient (Wildman–Crippen LogP) is -1.75. The zero-order valence-electron chi connectivity index (χ0n) is 11.2. The van der Waals surface area contributed by atoms with Gasteiger partial charge < -0.3 is 29.9 Å². The number of aliphatic hydroxyl groups excluding tert-OH is 4. The summed E-state index contributed by atoms with van der Waals surface area (Å²) in [6.07, 6.45) is -3.18.